The monoisotopic (exact) mass is 305 g/mol. The van der Waals surface area contributed by atoms with E-state index in [1.807, 2.05) is 0 Å². The van der Waals surface area contributed by atoms with Crippen molar-refractivity contribution >= 4 is 34.3 Å². The van der Waals surface area contributed by atoms with Gasteiger partial charge in [0, 0.05) is 5.38 Å². The molecule has 0 radical (unpaired) electrons. The molecule has 0 saturated heterocycles. The first-order valence-corrected chi connectivity index (χ1v) is 6.29. The van der Waals surface area contributed by atoms with Crippen LogP contribution in [-0.2, 0) is 0 Å². The SMILES string of the molecule is Cc1csc(NN=Cc2c(F)cc(Cl)c(F)c2F)n1. The number of aryl methyl sites for hydroxylation is 1. The number of benzene rings is 1. The van der Waals surface area contributed by atoms with Crippen molar-refractivity contribution in [1.29, 1.82) is 0 Å². The number of hydrogen-bond acceptors (Lipinski definition) is 4. The van der Waals surface area contributed by atoms with Crippen molar-refractivity contribution in [3.8, 4) is 0 Å². The summed E-state index contributed by atoms with van der Waals surface area (Å²) in [6, 6.07) is 0.689. The van der Waals surface area contributed by atoms with Crippen LogP contribution < -0.4 is 5.43 Å². The van der Waals surface area contributed by atoms with Crippen molar-refractivity contribution in [2.45, 2.75) is 6.92 Å². The fourth-order valence-corrected chi connectivity index (χ4v) is 2.07. The van der Waals surface area contributed by atoms with Crippen LogP contribution in [0.2, 0.25) is 5.02 Å². The summed E-state index contributed by atoms with van der Waals surface area (Å²) in [5.74, 6) is -3.69. The van der Waals surface area contributed by atoms with Gasteiger partial charge in [0.25, 0.3) is 0 Å². The second kappa shape index (κ2) is 5.58. The second-order valence-electron chi connectivity index (χ2n) is 3.55. The minimum Gasteiger partial charge on any atom is -0.253 e. The highest BCUT2D eigenvalue weighted by Gasteiger charge is 2.16. The van der Waals surface area contributed by atoms with Crippen LogP contribution in [-0.4, -0.2) is 11.2 Å². The lowest BCUT2D eigenvalue weighted by Crippen LogP contribution is -2.00. The van der Waals surface area contributed by atoms with Crippen LogP contribution in [0.1, 0.15) is 11.3 Å². The molecule has 1 aromatic heterocycles. The van der Waals surface area contributed by atoms with Gasteiger partial charge < -0.3 is 0 Å². The van der Waals surface area contributed by atoms with Crippen LogP contribution in [0.15, 0.2) is 16.5 Å². The molecule has 0 amide bonds. The van der Waals surface area contributed by atoms with Gasteiger partial charge in [-0.05, 0) is 13.0 Å². The molecule has 0 aliphatic rings. The van der Waals surface area contributed by atoms with Crippen LogP contribution in [0, 0.1) is 24.4 Å². The Hall–Kier alpha value is -1.60. The largest absolute Gasteiger partial charge is 0.253 e. The average molecular weight is 306 g/mol. The van der Waals surface area contributed by atoms with Crippen molar-refractivity contribution in [2.75, 3.05) is 5.43 Å². The second-order valence-corrected chi connectivity index (χ2v) is 4.81. The van der Waals surface area contributed by atoms with E-state index in [1.165, 1.54) is 11.3 Å². The number of thiazole rings is 1. The number of hydrazone groups is 1. The molecule has 1 N–H and O–H groups in total. The maximum absolute atomic E-state index is 13.4. The fraction of sp³-hybridized carbons (Fsp3) is 0.0909. The van der Waals surface area contributed by atoms with Crippen LogP contribution in [0.5, 0.6) is 0 Å². The van der Waals surface area contributed by atoms with Gasteiger partial charge in [0.15, 0.2) is 11.6 Å². The van der Waals surface area contributed by atoms with Gasteiger partial charge >= 0.3 is 0 Å². The zero-order valence-corrected chi connectivity index (χ0v) is 11.1. The Kier molecular flexibility index (Phi) is 4.06. The molecule has 0 aliphatic carbocycles. The molecule has 0 atom stereocenters. The third kappa shape index (κ3) is 3.05. The van der Waals surface area contributed by atoms with Crippen LogP contribution in [0.3, 0.4) is 0 Å². The van der Waals surface area contributed by atoms with E-state index >= 15 is 0 Å². The number of halogens is 4. The van der Waals surface area contributed by atoms with Gasteiger partial charge in [-0.3, -0.25) is 5.43 Å². The molecule has 19 heavy (non-hydrogen) atoms. The summed E-state index contributed by atoms with van der Waals surface area (Å²) in [7, 11) is 0. The van der Waals surface area contributed by atoms with Crippen molar-refractivity contribution in [3.63, 3.8) is 0 Å². The summed E-state index contributed by atoms with van der Waals surface area (Å²) in [6.45, 7) is 1.79. The third-order valence-corrected chi connectivity index (χ3v) is 3.26. The number of hydrogen-bond donors (Lipinski definition) is 1. The van der Waals surface area contributed by atoms with E-state index in [2.05, 4.69) is 15.5 Å². The highest BCUT2D eigenvalue weighted by Crippen LogP contribution is 2.22. The molecular weight excluding hydrogens is 299 g/mol. The maximum Gasteiger partial charge on any atom is 0.203 e. The number of nitrogens with one attached hydrogen (secondary N) is 1. The molecule has 3 nitrogen and oxygen atoms in total. The zero-order chi connectivity index (χ0) is 14.0. The zero-order valence-electron chi connectivity index (χ0n) is 9.55. The van der Waals surface area contributed by atoms with Crippen molar-refractivity contribution in [1.82, 2.24) is 4.98 Å². The summed E-state index contributed by atoms with van der Waals surface area (Å²) in [5.41, 5.74) is 2.67. The Morgan fingerprint density at radius 2 is 2.11 bits per heavy atom. The Bertz CT molecular complexity index is 642. The molecule has 1 aromatic carbocycles. The van der Waals surface area contributed by atoms with Gasteiger partial charge in [0.05, 0.1) is 22.5 Å². The molecule has 0 bridgehead atoms. The van der Waals surface area contributed by atoms with Gasteiger partial charge in [0.1, 0.15) is 5.82 Å². The number of nitrogens with zero attached hydrogens (tertiary/aromatic N) is 2. The predicted octanol–water partition coefficient (Wildman–Crippen LogP) is 3.97. The molecule has 0 aliphatic heterocycles. The number of aromatic nitrogens is 1. The fourth-order valence-electron chi connectivity index (χ4n) is 1.26. The van der Waals surface area contributed by atoms with E-state index in [1.54, 1.807) is 12.3 Å². The lowest BCUT2D eigenvalue weighted by atomic mass is 10.2. The summed E-state index contributed by atoms with van der Waals surface area (Å²) < 4.78 is 40.0. The first-order valence-electron chi connectivity index (χ1n) is 5.03. The van der Waals surface area contributed by atoms with E-state index in [9.17, 15) is 13.2 Å². The van der Waals surface area contributed by atoms with Crippen LogP contribution in [0.25, 0.3) is 0 Å². The first-order chi connectivity index (χ1) is 8.99. The maximum atomic E-state index is 13.4. The van der Waals surface area contributed by atoms with E-state index in [0.29, 0.717) is 11.2 Å². The molecule has 0 unspecified atom stereocenters. The van der Waals surface area contributed by atoms with Gasteiger partial charge in [-0.15, -0.1) is 11.3 Å². The van der Waals surface area contributed by atoms with Gasteiger partial charge in [0.2, 0.25) is 5.13 Å². The summed E-state index contributed by atoms with van der Waals surface area (Å²) in [5, 5.41) is 5.23. The predicted molar refractivity (Wildman–Crippen MR) is 69.4 cm³/mol. The molecule has 1 heterocycles. The van der Waals surface area contributed by atoms with E-state index in [-0.39, 0.29) is 0 Å². The first kappa shape index (κ1) is 13.8. The minimum absolute atomic E-state index is 0.462. The number of rotatable bonds is 3. The normalized spacial score (nSPS) is 11.2. The quantitative estimate of drug-likeness (QED) is 0.403. The molecule has 0 fully saturated rings. The third-order valence-electron chi connectivity index (χ3n) is 2.12. The Labute approximate surface area is 115 Å². The topological polar surface area (TPSA) is 37.3 Å². The highest BCUT2D eigenvalue weighted by atomic mass is 35.5. The van der Waals surface area contributed by atoms with Crippen LogP contribution >= 0.6 is 22.9 Å². The van der Waals surface area contributed by atoms with Crippen LogP contribution in [0.4, 0.5) is 18.3 Å². The van der Waals surface area contributed by atoms with Crippen molar-refractivity contribution in [3.05, 3.63) is 45.2 Å². The van der Waals surface area contributed by atoms with Gasteiger partial charge in [-0.1, -0.05) is 11.6 Å². The number of anilines is 1. The molecule has 100 valence electrons. The van der Waals surface area contributed by atoms with E-state index in [4.69, 9.17) is 11.6 Å². The van der Waals surface area contributed by atoms with E-state index < -0.39 is 28.0 Å². The van der Waals surface area contributed by atoms with E-state index in [0.717, 1.165) is 11.9 Å². The Morgan fingerprint density at radius 3 is 2.74 bits per heavy atom. The smallest absolute Gasteiger partial charge is 0.203 e. The summed E-state index contributed by atoms with van der Waals surface area (Å²) >= 11 is 6.58. The van der Waals surface area contributed by atoms with Crippen molar-refractivity contribution < 1.29 is 13.2 Å². The molecule has 0 spiro atoms. The average Bonchev–Trinajstić information content (AvgIpc) is 2.77. The molecule has 8 heteroatoms. The molecule has 2 rings (SSSR count). The Morgan fingerprint density at radius 1 is 1.37 bits per heavy atom. The van der Waals surface area contributed by atoms with Crippen molar-refractivity contribution in [2.24, 2.45) is 5.10 Å². The molecule has 0 saturated carbocycles. The highest BCUT2D eigenvalue weighted by molar-refractivity contribution is 7.13. The lowest BCUT2D eigenvalue weighted by molar-refractivity contribution is 0.493. The summed E-state index contributed by atoms with van der Waals surface area (Å²) in [4.78, 5) is 4.03. The lowest BCUT2D eigenvalue weighted by Gasteiger charge is -2.02. The minimum atomic E-state index is -1.38. The molecular formula is C11H7ClF3N3S. The van der Waals surface area contributed by atoms with Gasteiger partial charge in [-0.2, -0.15) is 5.10 Å². The summed E-state index contributed by atoms with van der Waals surface area (Å²) in [6.07, 6.45) is 0.834. The standard InChI is InChI=1S/C11H7ClF3N3S/c1-5-4-19-11(17-5)18-16-3-6-8(13)2-7(12)10(15)9(6)14/h2-4H,1H3,(H,17,18). The van der Waals surface area contributed by atoms with Gasteiger partial charge in [-0.25, -0.2) is 18.2 Å². The Balaban J connectivity index is 2.21. The molecule has 2 aromatic rings.